The molecule has 5 N–H and O–H groups in total. The smallest absolute Gasteiger partial charge is 0.117 e. The summed E-state index contributed by atoms with van der Waals surface area (Å²) in [5.41, 5.74) is 7.24. The van der Waals surface area contributed by atoms with Gasteiger partial charge in [-0.3, -0.25) is 0 Å². The molecule has 2 aromatic rings. The Hall–Kier alpha value is -1.52. The van der Waals surface area contributed by atoms with Gasteiger partial charge in [0.05, 0.1) is 6.10 Å². The summed E-state index contributed by atoms with van der Waals surface area (Å²) in [6.07, 6.45) is 1.85. The third-order valence-electron chi connectivity index (χ3n) is 2.48. The minimum absolute atomic E-state index is 0.232. The van der Waals surface area contributed by atoms with Crippen LogP contribution in [0.4, 0.5) is 0 Å². The maximum atomic E-state index is 9.46. The first kappa shape index (κ1) is 10.0. The Bertz CT molecular complexity index is 465. The Labute approximate surface area is 87.3 Å². The molecule has 1 atom stereocenters. The van der Waals surface area contributed by atoms with E-state index in [4.69, 9.17) is 5.73 Å². The van der Waals surface area contributed by atoms with E-state index in [9.17, 15) is 10.2 Å². The molecule has 15 heavy (non-hydrogen) atoms. The van der Waals surface area contributed by atoms with Crippen molar-refractivity contribution in [2.24, 2.45) is 5.73 Å². The fraction of sp³-hybridized carbons (Fsp3) is 0.273. The van der Waals surface area contributed by atoms with Crippen molar-refractivity contribution < 1.29 is 10.2 Å². The second kappa shape index (κ2) is 3.92. The highest BCUT2D eigenvalue weighted by Gasteiger charge is 2.08. The van der Waals surface area contributed by atoms with Gasteiger partial charge in [0, 0.05) is 36.1 Å². The Morgan fingerprint density at radius 3 is 2.93 bits per heavy atom. The minimum Gasteiger partial charge on any atom is -0.508 e. The zero-order chi connectivity index (χ0) is 10.8. The van der Waals surface area contributed by atoms with Gasteiger partial charge in [0.15, 0.2) is 0 Å². The number of phenols is 1. The summed E-state index contributed by atoms with van der Waals surface area (Å²) in [5, 5.41) is 19.7. The van der Waals surface area contributed by atoms with Crippen LogP contribution in [0.15, 0.2) is 24.4 Å². The first-order valence-corrected chi connectivity index (χ1v) is 4.88. The van der Waals surface area contributed by atoms with Gasteiger partial charge in [-0.25, -0.2) is 0 Å². The third kappa shape index (κ3) is 1.95. The van der Waals surface area contributed by atoms with E-state index in [1.54, 1.807) is 12.1 Å². The van der Waals surface area contributed by atoms with Gasteiger partial charge in [-0.05, 0) is 17.7 Å². The van der Waals surface area contributed by atoms with Gasteiger partial charge < -0.3 is 20.9 Å². The molecule has 0 fully saturated rings. The largest absolute Gasteiger partial charge is 0.508 e. The average Bonchev–Trinajstić information content (AvgIpc) is 2.60. The van der Waals surface area contributed by atoms with E-state index in [2.05, 4.69) is 4.98 Å². The van der Waals surface area contributed by atoms with Crippen LogP contribution in [0.2, 0.25) is 0 Å². The molecule has 80 valence electrons. The molecule has 0 spiro atoms. The van der Waals surface area contributed by atoms with Crippen molar-refractivity contribution in [3.8, 4) is 5.75 Å². The number of benzene rings is 1. The second-order valence-corrected chi connectivity index (χ2v) is 3.64. The van der Waals surface area contributed by atoms with E-state index in [1.165, 1.54) is 0 Å². The molecule has 0 radical (unpaired) electrons. The van der Waals surface area contributed by atoms with Crippen LogP contribution >= 0.6 is 0 Å². The topological polar surface area (TPSA) is 82.3 Å². The summed E-state index contributed by atoms with van der Waals surface area (Å²) in [4.78, 5) is 3.05. The highest BCUT2D eigenvalue weighted by atomic mass is 16.3. The van der Waals surface area contributed by atoms with Crippen molar-refractivity contribution in [1.82, 2.24) is 4.98 Å². The van der Waals surface area contributed by atoms with Gasteiger partial charge in [0.25, 0.3) is 0 Å². The van der Waals surface area contributed by atoms with E-state index in [0.29, 0.717) is 6.42 Å². The van der Waals surface area contributed by atoms with Crippen molar-refractivity contribution in [2.45, 2.75) is 12.5 Å². The summed E-state index contributed by atoms with van der Waals surface area (Å²) < 4.78 is 0. The van der Waals surface area contributed by atoms with Crippen molar-refractivity contribution in [2.75, 3.05) is 6.54 Å². The Morgan fingerprint density at radius 1 is 1.40 bits per heavy atom. The number of fused-ring (bicyclic) bond motifs is 1. The van der Waals surface area contributed by atoms with Crippen molar-refractivity contribution in [3.05, 3.63) is 30.0 Å². The predicted molar refractivity (Wildman–Crippen MR) is 58.7 cm³/mol. The number of nitrogens with one attached hydrogen (secondary N) is 1. The van der Waals surface area contributed by atoms with Crippen molar-refractivity contribution in [1.29, 1.82) is 0 Å². The van der Waals surface area contributed by atoms with Crippen LogP contribution in [0.3, 0.4) is 0 Å². The highest BCUT2D eigenvalue weighted by molar-refractivity contribution is 5.84. The number of aromatic hydroxyl groups is 1. The molecule has 0 bridgehead atoms. The zero-order valence-electron chi connectivity index (χ0n) is 8.27. The van der Waals surface area contributed by atoms with E-state index >= 15 is 0 Å². The fourth-order valence-electron chi connectivity index (χ4n) is 1.68. The second-order valence-electron chi connectivity index (χ2n) is 3.64. The van der Waals surface area contributed by atoms with Gasteiger partial charge in [-0.15, -0.1) is 0 Å². The Morgan fingerprint density at radius 2 is 2.20 bits per heavy atom. The number of H-pyrrole nitrogens is 1. The Balaban J connectivity index is 2.36. The van der Waals surface area contributed by atoms with Gasteiger partial charge in [-0.1, -0.05) is 0 Å². The van der Waals surface area contributed by atoms with Crippen molar-refractivity contribution in [3.63, 3.8) is 0 Å². The van der Waals surface area contributed by atoms with Gasteiger partial charge in [0.2, 0.25) is 0 Å². The summed E-state index contributed by atoms with van der Waals surface area (Å²) in [7, 11) is 0. The first-order chi connectivity index (χ1) is 7.20. The standard InChI is InChI=1S/C11H14N2O2/c12-5-9(15)3-7-6-13-11-4-8(14)1-2-10(7)11/h1-2,4,6,9,13-15H,3,5,12H2. The van der Waals surface area contributed by atoms with E-state index in [-0.39, 0.29) is 12.3 Å². The molecule has 1 aromatic heterocycles. The van der Waals surface area contributed by atoms with E-state index < -0.39 is 6.10 Å². The average molecular weight is 206 g/mol. The lowest BCUT2D eigenvalue weighted by Gasteiger charge is -2.05. The molecule has 0 aliphatic rings. The quantitative estimate of drug-likeness (QED) is 0.597. The fourth-order valence-corrected chi connectivity index (χ4v) is 1.68. The summed E-state index contributed by atoms with van der Waals surface area (Å²) >= 11 is 0. The van der Waals surface area contributed by atoms with Gasteiger partial charge in [-0.2, -0.15) is 0 Å². The van der Waals surface area contributed by atoms with Crippen LogP contribution < -0.4 is 5.73 Å². The lowest BCUT2D eigenvalue weighted by molar-refractivity contribution is 0.184. The molecular formula is C11H14N2O2. The number of phenolic OH excluding ortho intramolecular Hbond substituents is 1. The zero-order valence-corrected chi connectivity index (χ0v) is 8.27. The number of hydrogen-bond donors (Lipinski definition) is 4. The van der Waals surface area contributed by atoms with Gasteiger partial charge >= 0.3 is 0 Å². The minimum atomic E-state index is -0.516. The molecule has 0 aliphatic carbocycles. The molecule has 1 heterocycles. The molecule has 0 amide bonds. The Kier molecular flexibility index (Phi) is 2.62. The third-order valence-corrected chi connectivity index (χ3v) is 2.48. The first-order valence-electron chi connectivity index (χ1n) is 4.88. The SMILES string of the molecule is NCC(O)Cc1c[nH]c2cc(O)ccc12. The molecule has 4 heteroatoms. The number of rotatable bonds is 3. The molecular weight excluding hydrogens is 192 g/mol. The molecule has 0 aliphatic heterocycles. The monoisotopic (exact) mass is 206 g/mol. The van der Waals surface area contributed by atoms with Crippen LogP contribution in [0.5, 0.6) is 5.75 Å². The molecule has 1 aromatic carbocycles. The summed E-state index contributed by atoms with van der Waals surface area (Å²) in [6.45, 7) is 0.255. The maximum Gasteiger partial charge on any atom is 0.117 e. The lowest BCUT2D eigenvalue weighted by atomic mass is 10.1. The maximum absolute atomic E-state index is 9.46. The lowest BCUT2D eigenvalue weighted by Crippen LogP contribution is -2.21. The number of nitrogens with two attached hydrogens (primary N) is 1. The molecule has 0 saturated carbocycles. The van der Waals surface area contributed by atoms with E-state index in [1.807, 2.05) is 12.3 Å². The molecule has 4 nitrogen and oxygen atoms in total. The van der Waals surface area contributed by atoms with Crippen molar-refractivity contribution >= 4 is 10.9 Å². The highest BCUT2D eigenvalue weighted by Crippen LogP contribution is 2.23. The van der Waals surface area contributed by atoms with Crippen LogP contribution in [-0.4, -0.2) is 27.8 Å². The molecule has 0 saturated heterocycles. The van der Waals surface area contributed by atoms with E-state index in [0.717, 1.165) is 16.5 Å². The van der Waals surface area contributed by atoms with Gasteiger partial charge in [0.1, 0.15) is 5.75 Å². The molecule has 2 rings (SSSR count). The normalized spacial score (nSPS) is 13.2. The predicted octanol–water partition coefficient (Wildman–Crippen LogP) is 0.736. The van der Waals surface area contributed by atoms with Crippen LogP contribution in [0.1, 0.15) is 5.56 Å². The van der Waals surface area contributed by atoms with Crippen LogP contribution in [0.25, 0.3) is 10.9 Å². The summed E-state index contributed by atoms with van der Waals surface area (Å²) in [6, 6.07) is 5.13. The molecule has 1 unspecified atom stereocenters. The van der Waals surface area contributed by atoms with Crippen LogP contribution in [-0.2, 0) is 6.42 Å². The number of aromatic amines is 1. The number of aliphatic hydroxyl groups is 1. The number of hydrogen-bond acceptors (Lipinski definition) is 3. The number of aromatic nitrogens is 1. The van der Waals surface area contributed by atoms with Crippen LogP contribution in [0, 0.1) is 0 Å². The summed E-state index contributed by atoms with van der Waals surface area (Å²) in [5.74, 6) is 0.232. The number of aliphatic hydroxyl groups excluding tert-OH is 1.